The molecule has 8 aromatic carbocycles. The SMILES string of the molecule is Cc1cc(C)c(-c2ccc3c4ccc(-c5c(C)cc(C)cc5C)cc4n(-c4cccc5c4C(=O)N(c4cc(-c6ccccc6)ccc4-c4ccccc4)C5O)c3c2)c(C)c1. The van der Waals surface area contributed by atoms with E-state index in [-0.39, 0.29) is 5.91 Å². The van der Waals surface area contributed by atoms with Gasteiger partial charge in [-0.1, -0.05) is 145 Å². The fraction of sp³-hybridized carbons (Fsp3) is 0.125. The number of hydrogen-bond acceptors (Lipinski definition) is 2. The molecule has 0 radical (unpaired) electrons. The maximum Gasteiger partial charge on any atom is 0.263 e. The molecule has 4 nitrogen and oxygen atoms in total. The summed E-state index contributed by atoms with van der Waals surface area (Å²) in [6.07, 6.45) is -1.20. The van der Waals surface area contributed by atoms with Crippen molar-refractivity contribution in [3.8, 4) is 50.2 Å². The molecule has 1 N–H and O–H groups in total. The third-order valence-corrected chi connectivity index (χ3v) is 12.4. The highest BCUT2D eigenvalue weighted by molar-refractivity contribution is 6.17. The molecule has 0 saturated carbocycles. The second-order valence-electron chi connectivity index (χ2n) is 16.6. The normalized spacial score (nSPS) is 13.8. The summed E-state index contributed by atoms with van der Waals surface area (Å²) in [4.78, 5) is 17.0. The van der Waals surface area contributed by atoms with E-state index in [9.17, 15) is 5.11 Å². The van der Waals surface area contributed by atoms with Gasteiger partial charge in [-0.3, -0.25) is 9.69 Å². The molecule has 4 heteroatoms. The summed E-state index contributed by atoms with van der Waals surface area (Å²) in [5.74, 6) is -0.242. The first-order valence-electron chi connectivity index (χ1n) is 20.7. The highest BCUT2D eigenvalue weighted by Gasteiger charge is 2.40. The van der Waals surface area contributed by atoms with Crippen LogP contribution in [0, 0.1) is 41.5 Å². The van der Waals surface area contributed by atoms with Crippen LogP contribution in [0.1, 0.15) is 55.5 Å². The average molecular weight is 779 g/mol. The first kappa shape index (κ1) is 37.3. The lowest BCUT2D eigenvalue weighted by Gasteiger charge is -2.25. The van der Waals surface area contributed by atoms with Gasteiger partial charge in [-0.05, 0) is 127 Å². The minimum absolute atomic E-state index is 0.242. The molecule has 0 fully saturated rings. The predicted octanol–water partition coefficient (Wildman–Crippen LogP) is 14.0. The summed E-state index contributed by atoms with van der Waals surface area (Å²) in [6, 6.07) is 54.9. The first-order valence-corrected chi connectivity index (χ1v) is 20.7. The standard InChI is InChI=1S/C56H46N2O2/c1-33-26-35(3)52(36(4)27-33)42-21-24-45-46-25-22-43(53-37(5)28-34(2)29-38(53)6)32-51(46)57(50(45)31-42)48-19-13-18-47-54(48)56(60)58(55(47)59)49-30-41(39-14-9-7-10-15-39)20-23-44(49)40-16-11-8-12-17-40/h7-32,55,59H,1-6H3. The van der Waals surface area contributed by atoms with E-state index in [1.165, 1.54) is 44.5 Å². The molecule has 1 aliphatic rings. The van der Waals surface area contributed by atoms with E-state index in [2.05, 4.69) is 143 Å². The third kappa shape index (κ3) is 5.98. The second-order valence-corrected chi connectivity index (χ2v) is 16.6. The van der Waals surface area contributed by atoms with Crippen molar-refractivity contribution in [2.24, 2.45) is 0 Å². The largest absolute Gasteiger partial charge is 0.369 e. The van der Waals surface area contributed by atoms with Crippen molar-refractivity contribution in [2.75, 3.05) is 4.90 Å². The summed E-state index contributed by atoms with van der Waals surface area (Å²) in [7, 11) is 0. The molecule has 0 bridgehead atoms. The van der Waals surface area contributed by atoms with Gasteiger partial charge < -0.3 is 9.67 Å². The van der Waals surface area contributed by atoms with Crippen LogP contribution in [0.3, 0.4) is 0 Å². The Hall–Kier alpha value is -7.01. The lowest BCUT2D eigenvalue weighted by atomic mass is 9.92. The molecule has 0 spiro atoms. The van der Waals surface area contributed by atoms with Gasteiger partial charge in [-0.25, -0.2) is 0 Å². The summed E-state index contributed by atoms with van der Waals surface area (Å²) < 4.78 is 2.26. The summed E-state index contributed by atoms with van der Waals surface area (Å²) in [6.45, 7) is 13.0. The summed E-state index contributed by atoms with van der Waals surface area (Å²) in [5.41, 5.74) is 20.4. The minimum atomic E-state index is -1.20. The Morgan fingerprint density at radius 2 is 0.933 bits per heavy atom. The third-order valence-electron chi connectivity index (χ3n) is 12.4. The van der Waals surface area contributed by atoms with Crippen LogP contribution in [-0.2, 0) is 0 Å². The molecule has 1 aromatic heterocycles. The monoisotopic (exact) mass is 778 g/mol. The van der Waals surface area contributed by atoms with Gasteiger partial charge in [0.2, 0.25) is 0 Å². The number of fused-ring (bicyclic) bond motifs is 4. The van der Waals surface area contributed by atoms with Crippen LogP contribution in [0.5, 0.6) is 0 Å². The van der Waals surface area contributed by atoms with E-state index in [4.69, 9.17) is 0 Å². The Balaban J connectivity index is 1.23. The number of benzene rings is 8. The molecule has 1 unspecified atom stereocenters. The van der Waals surface area contributed by atoms with E-state index in [0.29, 0.717) is 16.8 Å². The van der Waals surface area contributed by atoms with Crippen molar-refractivity contribution < 1.29 is 9.90 Å². The Bertz CT molecular complexity index is 3030. The molecular formula is C56H46N2O2. The van der Waals surface area contributed by atoms with Crippen LogP contribution in [0.4, 0.5) is 5.69 Å². The molecule has 9 aromatic rings. The molecule has 0 saturated heterocycles. The Labute approximate surface area is 351 Å². The molecule has 2 heterocycles. The molecule has 1 atom stereocenters. The van der Waals surface area contributed by atoms with Crippen LogP contribution >= 0.6 is 0 Å². The Morgan fingerprint density at radius 3 is 1.47 bits per heavy atom. The van der Waals surface area contributed by atoms with Crippen LogP contribution < -0.4 is 4.90 Å². The zero-order valence-electron chi connectivity index (χ0n) is 34.8. The molecule has 1 amide bonds. The van der Waals surface area contributed by atoms with Gasteiger partial charge in [-0.2, -0.15) is 0 Å². The van der Waals surface area contributed by atoms with Crippen LogP contribution in [0.2, 0.25) is 0 Å². The number of aliphatic hydroxyl groups is 1. The van der Waals surface area contributed by atoms with Crippen molar-refractivity contribution in [3.63, 3.8) is 0 Å². The van der Waals surface area contributed by atoms with E-state index < -0.39 is 6.23 Å². The van der Waals surface area contributed by atoms with Crippen molar-refractivity contribution in [3.05, 3.63) is 202 Å². The number of aryl methyl sites for hydroxylation is 6. The molecule has 1 aliphatic heterocycles. The number of anilines is 1. The van der Waals surface area contributed by atoms with Gasteiger partial charge in [-0.15, -0.1) is 0 Å². The minimum Gasteiger partial charge on any atom is -0.369 e. The van der Waals surface area contributed by atoms with Crippen molar-refractivity contribution in [1.29, 1.82) is 0 Å². The van der Waals surface area contributed by atoms with Crippen LogP contribution in [-0.4, -0.2) is 15.6 Å². The first-order chi connectivity index (χ1) is 29.1. The molecule has 0 aliphatic carbocycles. The lowest BCUT2D eigenvalue weighted by molar-refractivity contribution is 0.0935. The molecule has 10 rings (SSSR count). The van der Waals surface area contributed by atoms with Gasteiger partial charge in [0.25, 0.3) is 5.91 Å². The molecule has 60 heavy (non-hydrogen) atoms. The van der Waals surface area contributed by atoms with Crippen molar-refractivity contribution in [1.82, 2.24) is 4.57 Å². The lowest BCUT2D eigenvalue weighted by Crippen LogP contribution is -2.28. The van der Waals surface area contributed by atoms with Gasteiger partial charge in [0.1, 0.15) is 0 Å². The zero-order chi connectivity index (χ0) is 41.4. The van der Waals surface area contributed by atoms with Crippen molar-refractivity contribution >= 4 is 33.4 Å². The number of amides is 1. The number of nitrogens with zero attached hydrogens (tertiary/aromatic N) is 2. The quantitative estimate of drug-likeness (QED) is 0.183. The van der Waals surface area contributed by atoms with Gasteiger partial charge in [0, 0.05) is 21.9 Å². The van der Waals surface area contributed by atoms with Gasteiger partial charge in [0.05, 0.1) is 28.0 Å². The Kier molecular flexibility index (Phi) is 8.93. The maximum absolute atomic E-state index is 15.4. The van der Waals surface area contributed by atoms with E-state index >= 15 is 4.79 Å². The number of aromatic nitrogens is 1. The Morgan fingerprint density at radius 1 is 0.433 bits per heavy atom. The smallest absolute Gasteiger partial charge is 0.263 e. The van der Waals surface area contributed by atoms with E-state index in [1.54, 1.807) is 4.90 Å². The highest BCUT2D eigenvalue weighted by Crippen LogP contribution is 2.46. The number of hydrogen-bond donors (Lipinski definition) is 1. The second kappa shape index (κ2) is 14.4. The predicted molar refractivity (Wildman–Crippen MR) is 249 cm³/mol. The number of aliphatic hydroxyl groups excluding tert-OH is 1. The fourth-order valence-electron chi connectivity index (χ4n) is 10.1. The molecule has 292 valence electrons. The van der Waals surface area contributed by atoms with Crippen molar-refractivity contribution in [2.45, 2.75) is 47.8 Å². The fourth-order valence-corrected chi connectivity index (χ4v) is 10.1. The summed E-state index contributed by atoms with van der Waals surface area (Å²) in [5, 5.41) is 14.6. The van der Waals surface area contributed by atoms with Crippen LogP contribution in [0.15, 0.2) is 158 Å². The average Bonchev–Trinajstić information content (AvgIpc) is 3.69. The maximum atomic E-state index is 15.4. The van der Waals surface area contributed by atoms with E-state index in [1.807, 2.05) is 60.7 Å². The highest BCUT2D eigenvalue weighted by atomic mass is 16.3. The summed E-state index contributed by atoms with van der Waals surface area (Å²) >= 11 is 0. The zero-order valence-corrected chi connectivity index (χ0v) is 34.8. The van der Waals surface area contributed by atoms with Gasteiger partial charge in [0.15, 0.2) is 6.23 Å². The molecular weight excluding hydrogens is 733 g/mol. The number of carbonyl (C=O) groups excluding carboxylic acids is 1. The number of rotatable bonds is 6. The van der Waals surface area contributed by atoms with Gasteiger partial charge >= 0.3 is 0 Å². The van der Waals surface area contributed by atoms with E-state index in [0.717, 1.165) is 60.9 Å². The van der Waals surface area contributed by atoms with Crippen LogP contribution in [0.25, 0.3) is 72.0 Å². The topological polar surface area (TPSA) is 45.5 Å². The number of carbonyl (C=O) groups is 1.